The molecule has 5 nitrogen and oxygen atoms in total. The summed E-state index contributed by atoms with van der Waals surface area (Å²) in [4.78, 5) is 18.5. The maximum Gasteiger partial charge on any atom is 0.223 e. The Hall–Kier alpha value is -0.950. The molecule has 2 saturated heterocycles. The van der Waals surface area contributed by atoms with E-state index in [1.807, 2.05) is 11.3 Å². The number of thiophene rings is 1. The lowest BCUT2D eigenvalue weighted by Crippen LogP contribution is -2.54. The van der Waals surface area contributed by atoms with Gasteiger partial charge in [-0.2, -0.15) is 0 Å². The molecule has 1 amide bonds. The van der Waals surface area contributed by atoms with Gasteiger partial charge in [-0.25, -0.2) is 0 Å². The number of piperidine rings is 1. The maximum atomic E-state index is 12.7. The first kappa shape index (κ1) is 23.8. The van der Waals surface area contributed by atoms with Gasteiger partial charge >= 0.3 is 0 Å². The van der Waals surface area contributed by atoms with E-state index in [2.05, 4.69) is 44.0 Å². The number of hydrogen-bond acceptors (Lipinski definition) is 5. The van der Waals surface area contributed by atoms with Crippen LogP contribution in [0.5, 0.6) is 0 Å². The van der Waals surface area contributed by atoms with E-state index in [9.17, 15) is 4.79 Å². The summed E-state index contributed by atoms with van der Waals surface area (Å²) in [6, 6.07) is 3.34. The SMILES string of the molecule is CCc1cc2c(s1)CCO[C@@]21CCN(CC2CC(NC(=O)C3CCOC(C)(C)C3)C2)[C@@H](C)C1. The largest absolute Gasteiger partial charge is 0.376 e. The highest BCUT2D eigenvalue weighted by Gasteiger charge is 2.45. The molecular weight excluding hydrogens is 432 g/mol. The number of nitrogens with zero attached hydrogens (tertiary/aromatic N) is 1. The van der Waals surface area contributed by atoms with Gasteiger partial charge in [0.05, 0.1) is 17.8 Å². The molecule has 3 fully saturated rings. The minimum atomic E-state index is -0.173. The van der Waals surface area contributed by atoms with Crippen LogP contribution in [-0.2, 0) is 32.7 Å². The zero-order valence-electron chi connectivity index (χ0n) is 21.0. The van der Waals surface area contributed by atoms with E-state index < -0.39 is 0 Å². The molecule has 1 aromatic heterocycles. The van der Waals surface area contributed by atoms with Crippen molar-refractivity contribution in [2.45, 2.75) is 102 Å². The molecular formula is C27H42N2O3S. The number of hydrogen-bond donors (Lipinski definition) is 1. The summed E-state index contributed by atoms with van der Waals surface area (Å²) in [5.74, 6) is 1.06. The van der Waals surface area contributed by atoms with E-state index in [0.717, 1.165) is 71.1 Å². The van der Waals surface area contributed by atoms with E-state index in [1.165, 1.54) is 10.4 Å². The minimum Gasteiger partial charge on any atom is -0.376 e. The maximum absolute atomic E-state index is 12.7. The fraction of sp³-hybridized carbons (Fsp3) is 0.815. The molecule has 3 atom stereocenters. The van der Waals surface area contributed by atoms with Crippen molar-refractivity contribution < 1.29 is 14.3 Å². The molecule has 33 heavy (non-hydrogen) atoms. The lowest BCUT2D eigenvalue weighted by molar-refractivity contribution is -0.137. The zero-order chi connectivity index (χ0) is 23.2. The number of aryl methyl sites for hydroxylation is 1. The highest BCUT2D eigenvalue weighted by Crippen LogP contribution is 2.46. The molecule has 0 aromatic carbocycles. The first-order chi connectivity index (χ1) is 15.8. The molecule has 1 spiro atoms. The number of carbonyl (C=O) groups excluding carboxylic acids is 1. The van der Waals surface area contributed by atoms with E-state index in [1.54, 1.807) is 4.88 Å². The summed E-state index contributed by atoms with van der Waals surface area (Å²) in [6.07, 6.45) is 8.35. The predicted molar refractivity (Wildman–Crippen MR) is 133 cm³/mol. The lowest BCUT2D eigenvalue weighted by Gasteiger charge is -2.49. The summed E-state index contributed by atoms with van der Waals surface area (Å²) >= 11 is 2.01. The van der Waals surface area contributed by atoms with Crippen LogP contribution < -0.4 is 5.32 Å². The third-order valence-corrected chi connectivity index (χ3v) is 9.94. The van der Waals surface area contributed by atoms with E-state index in [0.29, 0.717) is 24.6 Å². The van der Waals surface area contributed by atoms with Crippen LogP contribution in [0.3, 0.4) is 0 Å². The highest BCUT2D eigenvalue weighted by molar-refractivity contribution is 7.12. The molecule has 4 aliphatic rings. The van der Waals surface area contributed by atoms with Gasteiger partial charge in [-0.1, -0.05) is 6.92 Å². The average molecular weight is 475 g/mol. The lowest BCUT2D eigenvalue weighted by atomic mass is 9.76. The number of rotatable bonds is 5. The molecule has 5 rings (SSSR count). The van der Waals surface area contributed by atoms with E-state index >= 15 is 0 Å². The standard InChI is InChI=1S/C27H42N2O3S/c1-5-22-14-23-24(33-22)7-11-32-27(23)8-9-29(18(2)15-27)17-19-12-21(13-19)28-25(30)20-6-10-31-26(3,4)16-20/h14,18-21H,5-13,15-17H2,1-4H3,(H,28,30)/t18-,19?,20?,21?,27+/m0/s1. The third kappa shape index (κ3) is 4.91. The summed E-state index contributed by atoms with van der Waals surface area (Å²) in [5, 5.41) is 3.34. The molecule has 1 N–H and O–H groups in total. The zero-order valence-corrected chi connectivity index (χ0v) is 21.8. The first-order valence-electron chi connectivity index (χ1n) is 13.2. The number of nitrogens with one attached hydrogen (secondary N) is 1. The highest BCUT2D eigenvalue weighted by atomic mass is 32.1. The molecule has 3 aliphatic heterocycles. The Morgan fingerprint density at radius 1 is 1.24 bits per heavy atom. The minimum absolute atomic E-state index is 0.0545. The Bertz CT molecular complexity index is 862. The normalized spacial score (nSPS) is 36.2. The fourth-order valence-corrected chi connectivity index (χ4v) is 7.83. The average Bonchev–Trinajstić information content (AvgIpc) is 3.18. The quantitative estimate of drug-likeness (QED) is 0.674. The van der Waals surface area contributed by atoms with E-state index in [-0.39, 0.29) is 23.0 Å². The van der Waals surface area contributed by atoms with Crippen molar-refractivity contribution in [2.24, 2.45) is 11.8 Å². The molecule has 4 heterocycles. The number of amides is 1. The van der Waals surface area contributed by atoms with Crippen LogP contribution >= 0.6 is 11.3 Å². The van der Waals surface area contributed by atoms with Crippen molar-refractivity contribution in [1.29, 1.82) is 0 Å². The van der Waals surface area contributed by atoms with Crippen molar-refractivity contribution >= 4 is 17.2 Å². The van der Waals surface area contributed by atoms with Crippen LogP contribution in [0.1, 0.15) is 81.5 Å². The number of likely N-dealkylation sites (tertiary alicyclic amines) is 1. The van der Waals surface area contributed by atoms with Crippen molar-refractivity contribution in [1.82, 2.24) is 10.2 Å². The summed E-state index contributed by atoms with van der Waals surface area (Å²) < 4.78 is 12.3. The number of fused-ring (bicyclic) bond motifs is 2. The Morgan fingerprint density at radius 2 is 2.06 bits per heavy atom. The van der Waals surface area contributed by atoms with Gasteiger partial charge in [0, 0.05) is 53.9 Å². The molecule has 0 bridgehead atoms. The molecule has 1 saturated carbocycles. The third-order valence-electron chi connectivity index (χ3n) is 8.60. The van der Waals surface area contributed by atoms with Gasteiger partial charge in [0.25, 0.3) is 0 Å². The summed E-state index contributed by atoms with van der Waals surface area (Å²) in [7, 11) is 0. The molecule has 1 aromatic rings. The van der Waals surface area contributed by atoms with Crippen molar-refractivity contribution in [3.63, 3.8) is 0 Å². The monoisotopic (exact) mass is 474 g/mol. The second-order valence-corrected chi connectivity index (χ2v) is 12.9. The Labute approximate surface area is 203 Å². The van der Waals surface area contributed by atoms with Crippen LogP contribution in [-0.4, -0.2) is 54.8 Å². The second-order valence-electron chi connectivity index (χ2n) is 11.6. The van der Waals surface area contributed by atoms with Crippen LogP contribution in [0.2, 0.25) is 0 Å². The van der Waals surface area contributed by atoms with Crippen LogP contribution in [0.15, 0.2) is 6.07 Å². The predicted octanol–water partition coefficient (Wildman–Crippen LogP) is 4.66. The fourth-order valence-electron chi connectivity index (χ4n) is 6.66. The van der Waals surface area contributed by atoms with Gasteiger partial charge in [0.1, 0.15) is 0 Å². The van der Waals surface area contributed by atoms with Gasteiger partial charge in [0.15, 0.2) is 0 Å². The molecule has 6 heteroatoms. The number of ether oxygens (including phenoxy) is 2. The first-order valence-corrected chi connectivity index (χ1v) is 14.0. The summed E-state index contributed by atoms with van der Waals surface area (Å²) in [6.45, 7) is 12.7. The Kier molecular flexibility index (Phi) is 6.67. The van der Waals surface area contributed by atoms with Crippen LogP contribution in [0.4, 0.5) is 0 Å². The van der Waals surface area contributed by atoms with Crippen molar-refractivity contribution in [3.05, 3.63) is 21.4 Å². The van der Waals surface area contributed by atoms with E-state index in [4.69, 9.17) is 9.47 Å². The van der Waals surface area contributed by atoms with Crippen molar-refractivity contribution in [2.75, 3.05) is 26.3 Å². The smallest absolute Gasteiger partial charge is 0.223 e. The number of carbonyl (C=O) groups is 1. The van der Waals surface area contributed by atoms with Gasteiger partial charge in [0.2, 0.25) is 5.91 Å². The van der Waals surface area contributed by atoms with Gasteiger partial charge < -0.3 is 19.7 Å². The van der Waals surface area contributed by atoms with Crippen LogP contribution in [0.25, 0.3) is 0 Å². The molecule has 1 aliphatic carbocycles. The molecule has 184 valence electrons. The molecule has 1 unspecified atom stereocenters. The molecule has 0 radical (unpaired) electrons. The van der Waals surface area contributed by atoms with Gasteiger partial charge in [-0.15, -0.1) is 11.3 Å². The van der Waals surface area contributed by atoms with Crippen molar-refractivity contribution in [3.8, 4) is 0 Å². The second kappa shape index (κ2) is 9.25. The van der Waals surface area contributed by atoms with Gasteiger partial charge in [-0.05, 0) is 83.3 Å². The topological polar surface area (TPSA) is 50.8 Å². The Morgan fingerprint density at radius 3 is 2.79 bits per heavy atom. The van der Waals surface area contributed by atoms with Crippen LogP contribution in [0, 0.1) is 11.8 Å². The summed E-state index contributed by atoms with van der Waals surface area (Å²) in [5.41, 5.74) is 1.28. The Balaban J connectivity index is 1.10. The van der Waals surface area contributed by atoms with Gasteiger partial charge in [-0.3, -0.25) is 4.79 Å².